The number of nitrogens with two attached hydrogens (primary N) is 2. The smallest absolute Gasteiger partial charge is 0.303 e. The lowest BCUT2D eigenvalue weighted by atomic mass is 10.1. The van der Waals surface area contributed by atoms with Gasteiger partial charge in [0.15, 0.2) is 0 Å². The second-order valence-electron chi connectivity index (χ2n) is 7.59. The highest BCUT2D eigenvalue weighted by Gasteiger charge is 2.18. The Kier molecular flexibility index (Phi) is 8.69. The van der Waals surface area contributed by atoms with Crippen molar-refractivity contribution in [3.63, 3.8) is 0 Å². The number of benzene rings is 2. The Hall–Kier alpha value is -3.26. The van der Waals surface area contributed by atoms with Crippen molar-refractivity contribution in [1.29, 1.82) is 0 Å². The van der Waals surface area contributed by atoms with E-state index in [1.807, 2.05) is 19.9 Å². The molecule has 2 aromatic rings. The molecule has 0 saturated carbocycles. The Morgan fingerprint density at radius 3 is 2.58 bits per heavy atom. The van der Waals surface area contributed by atoms with Crippen molar-refractivity contribution in [2.24, 2.45) is 17.5 Å². The third-order valence-electron chi connectivity index (χ3n) is 4.60. The fourth-order valence-corrected chi connectivity index (χ4v) is 3.01. The molecule has 0 aliphatic rings. The van der Waals surface area contributed by atoms with Gasteiger partial charge in [0.1, 0.15) is 23.9 Å². The van der Waals surface area contributed by atoms with Gasteiger partial charge in [0.2, 0.25) is 0 Å². The minimum absolute atomic E-state index is 0.0399. The lowest BCUT2D eigenvalue weighted by Gasteiger charge is -2.26. The van der Waals surface area contributed by atoms with E-state index in [2.05, 4.69) is 0 Å². The van der Waals surface area contributed by atoms with Gasteiger partial charge >= 0.3 is 5.97 Å². The first kappa shape index (κ1) is 24.0. The molecule has 0 aliphatic carbocycles. The average Bonchev–Trinajstić information content (AvgIpc) is 2.74. The first-order valence-corrected chi connectivity index (χ1v) is 10.0. The molecule has 0 radical (unpaired) electrons. The fourth-order valence-electron chi connectivity index (χ4n) is 3.01. The summed E-state index contributed by atoms with van der Waals surface area (Å²) < 4.78 is 25.4. The van der Waals surface area contributed by atoms with Gasteiger partial charge in [-0.05, 0) is 48.6 Å². The number of methoxy groups -OCH3 is 1. The Morgan fingerprint density at radius 2 is 1.94 bits per heavy atom. The van der Waals surface area contributed by atoms with E-state index in [-0.39, 0.29) is 24.6 Å². The molecule has 0 spiro atoms. The first-order valence-electron chi connectivity index (χ1n) is 10.0. The zero-order chi connectivity index (χ0) is 23.0. The van der Waals surface area contributed by atoms with Gasteiger partial charge < -0.3 is 20.3 Å². The minimum Gasteiger partial charge on any atom is -0.497 e. The number of hydrogen-bond donors (Lipinski definition) is 3. The number of carboxylic acid groups (broad SMARTS) is 1. The first-order chi connectivity index (χ1) is 14.7. The Morgan fingerprint density at radius 1 is 1.19 bits per heavy atom. The lowest BCUT2D eigenvalue weighted by molar-refractivity contribution is -0.136. The highest BCUT2D eigenvalue weighted by atomic mass is 19.1. The van der Waals surface area contributed by atoms with Crippen molar-refractivity contribution >= 4 is 11.7 Å². The van der Waals surface area contributed by atoms with Crippen molar-refractivity contribution in [3.8, 4) is 11.5 Å². The number of halogens is 1. The Bertz CT molecular complexity index is 931. The average molecular weight is 432 g/mol. The summed E-state index contributed by atoms with van der Waals surface area (Å²) in [5, 5.41) is 10.1. The summed E-state index contributed by atoms with van der Waals surface area (Å²) in [6, 6.07) is 11.5. The predicted octanol–water partition coefficient (Wildman–Crippen LogP) is 3.83. The number of carbonyl (C=O) groups is 1. The number of nitrogens with zero attached hydrogens (tertiary/aromatic N) is 1. The molecule has 31 heavy (non-hydrogen) atoms. The summed E-state index contributed by atoms with van der Waals surface area (Å²) in [7, 11) is 1.50. The van der Waals surface area contributed by atoms with E-state index in [1.165, 1.54) is 30.3 Å². The minimum atomic E-state index is -0.857. The number of aliphatic carboxylic acids is 1. The highest BCUT2D eigenvalue weighted by molar-refractivity contribution is 5.67. The van der Waals surface area contributed by atoms with Crippen LogP contribution in [0.25, 0.3) is 0 Å². The summed E-state index contributed by atoms with van der Waals surface area (Å²) in [5.41, 5.74) is 8.22. The molecular formula is C23H30FN3O4. The largest absolute Gasteiger partial charge is 0.497 e. The highest BCUT2D eigenvalue weighted by Crippen LogP contribution is 2.28. The van der Waals surface area contributed by atoms with Crippen molar-refractivity contribution in [1.82, 2.24) is 0 Å². The molecule has 2 aromatic carbocycles. The molecule has 0 aliphatic heterocycles. The van der Waals surface area contributed by atoms with Crippen molar-refractivity contribution < 1.29 is 23.8 Å². The van der Waals surface area contributed by atoms with E-state index >= 15 is 0 Å². The van der Waals surface area contributed by atoms with Gasteiger partial charge in [-0.1, -0.05) is 26.0 Å². The van der Waals surface area contributed by atoms with Gasteiger partial charge in [0.05, 0.1) is 24.2 Å². The number of anilines is 1. The van der Waals surface area contributed by atoms with Crippen molar-refractivity contribution in [2.75, 3.05) is 18.7 Å². The van der Waals surface area contributed by atoms with Gasteiger partial charge in [-0.2, -0.15) is 0 Å². The summed E-state index contributed by atoms with van der Waals surface area (Å²) in [6.45, 7) is 4.06. The molecular weight excluding hydrogens is 401 g/mol. The van der Waals surface area contributed by atoms with E-state index in [4.69, 9.17) is 26.2 Å². The van der Waals surface area contributed by atoms with E-state index in [9.17, 15) is 9.18 Å². The summed E-state index contributed by atoms with van der Waals surface area (Å²) >= 11 is 0. The molecule has 0 aromatic heterocycles. The van der Waals surface area contributed by atoms with Crippen LogP contribution in [0.1, 0.15) is 32.3 Å². The number of rotatable bonds is 11. The number of hydrogen-bond acceptors (Lipinski definition) is 6. The molecule has 0 amide bonds. The molecule has 0 saturated heterocycles. The van der Waals surface area contributed by atoms with Crippen LogP contribution in [0.15, 0.2) is 53.9 Å². The molecule has 0 atom stereocenters. The third kappa shape index (κ3) is 7.18. The SMILES string of the molecule is COc1ccc(F)c(N(N)/C(CC(C)C)=C(\N)COc2cccc(CCC(=O)O)c2)c1. The summed E-state index contributed by atoms with van der Waals surface area (Å²) in [5.74, 6) is 6.16. The Labute approximate surface area is 182 Å². The van der Waals surface area contributed by atoms with Crippen molar-refractivity contribution in [2.45, 2.75) is 33.1 Å². The van der Waals surface area contributed by atoms with Crippen LogP contribution >= 0.6 is 0 Å². The quantitative estimate of drug-likeness (QED) is 0.366. The van der Waals surface area contributed by atoms with Crippen LogP contribution in [0.2, 0.25) is 0 Å². The van der Waals surface area contributed by atoms with E-state index in [1.54, 1.807) is 18.2 Å². The molecule has 0 unspecified atom stereocenters. The van der Waals surface area contributed by atoms with Crippen LogP contribution in [-0.2, 0) is 11.2 Å². The molecule has 0 fully saturated rings. The van der Waals surface area contributed by atoms with Gasteiger partial charge in [-0.25, -0.2) is 10.2 Å². The molecule has 0 bridgehead atoms. The van der Waals surface area contributed by atoms with Gasteiger partial charge in [-0.15, -0.1) is 0 Å². The molecule has 5 N–H and O–H groups in total. The number of allylic oxidation sites excluding steroid dienone is 1. The Balaban J connectivity index is 2.23. The molecule has 168 valence electrons. The number of ether oxygens (including phenoxy) is 2. The van der Waals surface area contributed by atoms with Crippen LogP contribution in [0.4, 0.5) is 10.1 Å². The maximum atomic E-state index is 14.4. The maximum absolute atomic E-state index is 14.4. The number of hydrazine groups is 1. The molecule has 0 heterocycles. The molecule has 8 heteroatoms. The normalized spacial score (nSPS) is 11.8. The standard InChI is InChI=1S/C23H30FN3O4/c1-15(2)11-22(27(26)21-13-17(30-3)8-9-19(21)24)20(25)14-31-18-6-4-5-16(12-18)7-10-23(28)29/h4-6,8-9,12-13,15H,7,10-11,14,25-26H2,1-3H3,(H,28,29)/b22-20-. The summed E-state index contributed by atoms with van der Waals surface area (Å²) in [4.78, 5) is 10.8. The van der Waals surface area contributed by atoms with E-state index in [0.717, 1.165) is 5.56 Å². The lowest BCUT2D eigenvalue weighted by Crippen LogP contribution is -2.35. The predicted molar refractivity (Wildman–Crippen MR) is 118 cm³/mol. The topological polar surface area (TPSA) is 111 Å². The van der Waals surface area contributed by atoms with Crippen LogP contribution in [-0.4, -0.2) is 24.8 Å². The third-order valence-corrected chi connectivity index (χ3v) is 4.60. The molecule has 7 nitrogen and oxygen atoms in total. The van der Waals surface area contributed by atoms with Crippen LogP contribution in [0, 0.1) is 11.7 Å². The molecule has 2 rings (SSSR count). The van der Waals surface area contributed by atoms with Gasteiger partial charge in [0.25, 0.3) is 0 Å². The second kappa shape index (κ2) is 11.2. The summed E-state index contributed by atoms with van der Waals surface area (Å²) in [6.07, 6.45) is 0.960. The van der Waals surface area contributed by atoms with Gasteiger partial charge in [-0.3, -0.25) is 9.80 Å². The monoisotopic (exact) mass is 431 g/mol. The van der Waals surface area contributed by atoms with Crippen LogP contribution in [0.3, 0.4) is 0 Å². The van der Waals surface area contributed by atoms with E-state index < -0.39 is 11.8 Å². The fraction of sp³-hybridized carbons (Fsp3) is 0.348. The van der Waals surface area contributed by atoms with Crippen LogP contribution in [0.5, 0.6) is 11.5 Å². The van der Waals surface area contributed by atoms with E-state index in [0.29, 0.717) is 35.7 Å². The van der Waals surface area contributed by atoms with Gasteiger partial charge in [0, 0.05) is 12.5 Å². The zero-order valence-electron chi connectivity index (χ0n) is 18.1. The second-order valence-corrected chi connectivity index (χ2v) is 7.59. The number of carboxylic acids is 1. The number of aryl methyl sites for hydroxylation is 1. The zero-order valence-corrected chi connectivity index (χ0v) is 18.1. The van der Waals surface area contributed by atoms with Crippen molar-refractivity contribution in [3.05, 3.63) is 65.2 Å². The maximum Gasteiger partial charge on any atom is 0.303 e. The van der Waals surface area contributed by atoms with Crippen LogP contribution < -0.4 is 26.1 Å².